The van der Waals surface area contributed by atoms with Gasteiger partial charge in [-0.1, -0.05) is 17.7 Å². The Morgan fingerprint density at radius 2 is 1.85 bits per heavy atom. The summed E-state index contributed by atoms with van der Waals surface area (Å²) in [4.78, 5) is 24.0. The van der Waals surface area contributed by atoms with Crippen LogP contribution in [0.1, 0.15) is 5.56 Å². The average molecular weight is 296 g/mol. The highest BCUT2D eigenvalue weighted by atomic mass is 32.2. The first kappa shape index (κ1) is 16.5. The molecule has 6 heteroatoms. The van der Waals surface area contributed by atoms with Crippen molar-refractivity contribution in [3.05, 3.63) is 29.8 Å². The third kappa shape index (κ3) is 7.16. The van der Waals surface area contributed by atoms with Crippen molar-refractivity contribution in [3.63, 3.8) is 0 Å². The highest BCUT2D eigenvalue weighted by Crippen LogP contribution is 2.17. The van der Waals surface area contributed by atoms with E-state index in [1.165, 1.54) is 17.3 Å². The summed E-state index contributed by atoms with van der Waals surface area (Å²) in [7, 11) is 1.57. The van der Waals surface area contributed by atoms with Gasteiger partial charge in [0.15, 0.2) is 0 Å². The molecule has 110 valence electrons. The standard InChI is InChI=1S/C14H20N2O3S/c1-11-3-5-12(6-4-11)20-10-14(18)16-9-13(17)15-7-8-19-2/h3-6H,7-10H2,1-2H3,(H,15,17)(H,16,18). The lowest BCUT2D eigenvalue weighted by Crippen LogP contribution is -2.38. The molecule has 0 aliphatic carbocycles. The van der Waals surface area contributed by atoms with Gasteiger partial charge in [0.25, 0.3) is 0 Å². The molecule has 2 N–H and O–H groups in total. The molecule has 1 aromatic carbocycles. The Morgan fingerprint density at radius 3 is 2.50 bits per heavy atom. The van der Waals surface area contributed by atoms with E-state index in [-0.39, 0.29) is 18.4 Å². The first-order chi connectivity index (χ1) is 9.61. The molecule has 0 unspecified atom stereocenters. The highest BCUT2D eigenvalue weighted by molar-refractivity contribution is 8.00. The van der Waals surface area contributed by atoms with Gasteiger partial charge in [-0.05, 0) is 19.1 Å². The molecule has 0 heterocycles. The van der Waals surface area contributed by atoms with Gasteiger partial charge >= 0.3 is 0 Å². The molecule has 0 aromatic heterocycles. The second kappa shape index (κ2) is 9.39. The Labute approximate surface area is 123 Å². The van der Waals surface area contributed by atoms with Crippen molar-refractivity contribution >= 4 is 23.6 Å². The lowest BCUT2D eigenvalue weighted by molar-refractivity contribution is -0.124. The number of nitrogens with one attached hydrogen (secondary N) is 2. The second-order valence-corrected chi connectivity index (χ2v) is 5.27. The van der Waals surface area contributed by atoms with Crippen LogP contribution in [0.2, 0.25) is 0 Å². The number of thioether (sulfide) groups is 1. The van der Waals surface area contributed by atoms with E-state index in [1.54, 1.807) is 7.11 Å². The van der Waals surface area contributed by atoms with Gasteiger partial charge in [-0.15, -0.1) is 11.8 Å². The Hall–Kier alpha value is -1.53. The van der Waals surface area contributed by atoms with Crippen molar-refractivity contribution < 1.29 is 14.3 Å². The molecule has 1 aromatic rings. The van der Waals surface area contributed by atoms with E-state index in [4.69, 9.17) is 4.74 Å². The molecule has 0 saturated carbocycles. The van der Waals surface area contributed by atoms with Crippen molar-refractivity contribution in [3.8, 4) is 0 Å². The zero-order valence-corrected chi connectivity index (χ0v) is 12.6. The summed E-state index contributed by atoms with van der Waals surface area (Å²) >= 11 is 1.45. The minimum atomic E-state index is -0.212. The Balaban J connectivity index is 2.17. The predicted molar refractivity (Wildman–Crippen MR) is 79.8 cm³/mol. The second-order valence-electron chi connectivity index (χ2n) is 4.22. The molecule has 0 atom stereocenters. The topological polar surface area (TPSA) is 67.4 Å². The monoisotopic (exact) mass is 296 g/mol. The first-order valence-electron chi connectivity index (χ1n) is 6.33. The average Bonchev–Trinajstić information content (AvgIpc) is 2.45. The van der Waals surface area contributed by atoms with E-state index in [0.717, 1.165) is 4.90 Å². The van der Waals surface area contributed by atoms with Crippen LogP contribution in [0, 0.1) is 6.92 Å². The summed E-state index contributed by atoms with van der Waals surface area (Å²) in [5, 5.41) is 5.21. The number of carbonyl (C=O) groups excluding carboxylic acids is 2. The lowest BCUT2D eigenvalue weighted by Gasteiger charge is -2.06. The van der Waals surface area contributed by atoms with Crippen LogP contribution in [0.3, 0.4) is 0 Å². The van der Waals surface area contributed by atoms with Crippen LogP contribution in [-0.4, -0.2) is 44.4 Å². The van der Waals surface area contributed by atoms with Crippen molar-refractivity contribution in [2.75, 3.05) is 32.6 Å². The Morgan fingerprint density at radius 1 is 1.15 bits per heavy atom. The summed E-state index contributed by atoms with van der Waals surface area (Å²) in [6.45, 7) is 2.92. The van der Waals surface area contributed by atoms with Crippen molar-refractivity contribution in [2.45, 2.75) is 11.8 Å². The molecular formula is C14H20N2O3S. The van der Waals surface area contributed by atoms with E-state index >= 15 is 0 Å². The Bertz CT molecular complexity index is 435. The quantitative estimate of drug-likeness (QED) is 0.554. The van der Waals surface area contributed by atoms with Crippen molar-refractivity contribution in [2.24, 2.45) is 0 Å². The minimum absolute atomic E-state index is 0.00297. The van der Waals surface area contributed by atoms with Crippen LogP contribution in [0.25, 0.3) is 0 Å². The van der Waals surface area contributed by atoms with Crippen LogP contribution in [0.4, 0.5) is 0 Å². The summed E-state index contributed by atoms with van der Waals surface area (Å²) in [6.07, 6.45) is 0. The van der Waals surface area contributed by atoms with E-state index < -0.39 is 0 Å². The third-order valence-electron chi connectivity index (χ3n) is 2.47. The summed E-state index contributed by atoms with van der Waals surface area (Å²) in [5.41, 5.74) is 1.19. The molecule has 2 amide bonds. The normalized spacial score (nSPS) is 10.1. The van der Waals surface area contributed by atoms with E-state index in [9.17, 15) is 9.59 Å². The molecular weight excluding hydrogens is 276 g/mol. The Kier molecular flexibility index (Phi) is 7.75. The maximum absolute atomic E-state index is 11.6. The zero-order chi connectivity index (χ0) is 14.8. The largest absolute Gasteiger partial charge is 0.383 e. The maximum Gasteiger partial charge on any atom is 0.239 e. The maximum atomic E-state index is 11.6. The van der Waals surface area contributed by atoms with Crippen LogP contribution < -0.4 is 10.6 Å². The number of amides is 2. The van der Waals surface area contributed by atoms with E-state index in [1.807, 2.05) is 31.2 Å². The molecule has 5 nitrogen and oxygen atoms in total. The highest BCUT2D eigenvalue weighted by Gasteiger charge is 2.05. The number of carbonyl (C=O) groups is 2. The van der Waals surface area contributed by atoms with Crippen LogP contribution in [-0.2, 0) is 14.3 Å². The molecule has 0 aliphatic heterocycles. The van der Waals surface area contributed by atoms with Crippen LogP contribution in [0.5, 0.6) is 0 Å². The number of ether oxygens (including phenoxy) is 1. The van der Waals surface area contributed by atoms with E-state index in [0.29, 0.717) is 18.9 Å². The van der Waals surface area contributed by atoms with Crippen LogP contribution >= 0.6 is 11.8 Å². The molecule has 0 bridgehead atoms. The van der Waals surface area contributed by atoms with Crippen molar-refractivity contribution in [1.82, 2.24) is 10.6 Å². The van der Waals surface area contributed by atoms with Gasteiger partial charge in [0.05, 0.1) is 18.9 Å². The van der Waals surface area contributed by atoms with Gasteiger partial charge in [-0.2, -0.15) is 0 Å². The van der Waals surface area contributed by atoms with Gasteiger partial charge in [0.1, 0.15) is 0 Å². The summed E-state index contributed by atoms with van der Waals surface area (Å²) < 4.78 is 4.81. The summed E-state index contributed by atoms with van der Waals surface area (Å²) in [5.74, 6) is -0.0674. The number of benzene rings is 1. The molecule has 0 aliphatic rings. The van der Waals surface area contributed by atoms with Gasteiger partial charge < -0.3 is 15.4 Å². The smallest absolute Gasteiger partial charge is 0.239 e. The molecule has 0 saturated heterocycles. The molecule has 0 fully saturated rings. The molecule has 0 spiro atoms. The SMILES string of the molecule is COCCNC(=O)CNC(=O)CSc1ccc(C)cc1. The lowest BCUT2D eigenvalue weighted by atomic mass is 10.2. The third-order valence-corrected chi connectivity index (χ3v) is 3.48. The molecule has 1 rings (SSSR count). The number of rotatable bonds is 8. The summed E-state index contributed by atoms with van der Waals surface area (Å²) in [6, 6.07) is 7.96. The fourth-order valence-electron chi connectivity index (χ4n) is 1.37. The molecule has 0 radical (unpaired) electrons. The minimum Gasteiger partial charge on any atom is -0.383 e. The van der Waals surface area contributed by atoms with E-state index in [2.05, 4.69) is 10.6 Å². The fraction of sp³-hybridized carbons (Fsp3) is 0.429. The molecule has 20 heavy (non-hydrogen) atoms. The van der Waals surface area contributed by atoms with Gasteiger partial charge in [0.2, 0.25) is 11.8 Å². The number of hydrogen-bond acceptors (Lipinski definition) is 4. The van der Waals surface area contributed by atoms with Gasteiger partial charge in [-0.25, -0.2) is 0 Å². The number of aryl methyl sites for hydroxylation is 1. The predicted octanol–water partition coefficient (Wildman–Crippen LogP) is 0.966. The van der Waals surface area contributed by atoms with Gasteiger partial charge in [0, 0.05) is 18.6 Å². The zero-order valence-electron chi connectivity index (χ0n) is 11.8. The number of methoxy groups -OCH3 is 1. The van der Waals surface area contributed by atoms with Crippen molar-refractivity contribution in [1.29, 1.82) is 0 Å². The number of hydrogen-bond donors (Lipinski definition) is 2. The first-order valence-corrected chi connectivity index (χ1v) is 7.32. The fourth-order valence-corrected chi connectivity index (χ4v) is 2.10. The van der Waals surface area contributed by atoms with Crippen LogP contribution in [0.15, 0.2) is 29.2 Å². The van der Waals surface area contributed by atoms with Gasteiger partial charge in [-0.3, -0.25) is 9.59 Å².